The number of hydrogen-bond donors (Lipinski definition) is 0. The van der Waals surface area contributed by atoms with E-state index in [2.05, 4.69) is 13.5 Å². The van der Waals surface area contributed by atoms with Crippen LogP contribution >= 0.6 is 0 Å². The van der Waals surface area contributed by atoms with E-state index < -0.39 is 0 Å². The molecule has 0 atom stereocenters. The van der Waals surface area contributed by atoms with E-state index in [0.29, 0.717) is 0 Å². The van der Waals surface area contributed by atoms with Crippen LogP contribution in [0.25, 0.3) is 0 Å². The summed E-state index contributed by atoms with van der Waals surface area (Å²) in [7, 11) is 0. The van der Waals surface area contributed by atoms with Crippen LogP contribution in [0, 0.1) is 6.92 Å². The first-order valence-electron chi connectivity index (χ1n) is 2.28. The molecule has 0 radical (unpaired) electrons. The van der Waals surface area contributed by atoms with E-state index in [1.807, 2.05) is 19.9 Å². The Bertz CT molecular complexity index is 97.0. The van der Waals surface area contributed by atoms with Crippen LogP contribution in [0.5, 0.6) is 0 Å². The van der Waals surface area contributed by atoms with Gasteiger partial charge < -0.3 is 0 Å². The molecule has 0 rings (SSSR count). The third kappa shape index (κ3) is 10.1. The zero-order valence-electron chi connectivity index (χ0n) is 5.99. The van der Waals surface area contributed by atoms with Crippen LogP contribution in [0.2, 0.25) is 0 Å². The van der Waals surface area contributed by atoms with Crippen molar-refractivity contribution in [3.8, 4) is 0 Å². The fourth-order valence-electron chi connectivity index (χ4n) is 0.421. The molecule has 0 saturated carbocycles. The fraction of sp³-hybridized carbons (Fsp3) is 0.286. The van der Waals surface area contributed by atoms with E-state index in [1.165, 1.54) is 0 Å². The standard InChI is InChI=1S/C7H11.K/c1-6(2)5-7(3)4;/h5H,1,3H2,2,4H3;/q-1;+1/b6-5+;. The summed E-state index contributed by atoms with van der Waals surface area (Å²) in [5, 5.41) is 0. The molecule has 0 bridgehead atoms. The molecule has 0 nitrogen and oxygen atoms in total. The van der Waals surface area contributed by atoms with Crippen molar-refractivity contribution in [3.05, 3.63) is 30.7 Å². The first-order valence-corrected chi connectivity index (χ1v) is 2.28. The Labute approximate surface area is 94.5 Å². The van der Waals surface area contributed by atoms with Gasteiger partial charge in [0.25, 0.3) is 0 Å². The molecular formula is C7H11K. The Morgan fingerprint density at radius 1 is 1.50 bits per heavy atom. The molecular weight excluding hydrogens is 123 g/mol. The van der Waals surface area contributed by atoms with Crippen molar-refractivity contribution in [1.82, 2.24) is 0 Å². The Hall–Kier alpha value is 0.986. The van der Waals surface area contributed by atoms with Gasteiger partial charge in [-0.05, 0) is 0 Å². The largest absolute Gasteiger partial charge is 1.00 e. The van der Waals surface area contributed by atoms with Crippen LogP contribution in [0.15, 0.2) is 23.8 Å². The van der Waals surface area contributed by atoms with Crippen molar-refractivity contribution >= 4 is 0 Å². The Morgan fingerprint density at radius 3 is 1.88 bits per heavy atom. The van der Waals surface area contributed by atoms with Crippen molar-refractivity contribution in [1.29, 1.82) is 0 Å². The summed E-state index contributed by atoms with van der Waals surface area (Å²) in [6.45, 7) is 11.3. The van der Waals surface area contributed by atoms with Gasteiger partial charge in [0.15, 0.2) is 0 Å². The predicted molar refractivity (Wildman–Crippen MR) is 33.9 cm³/mol. The Morgan fingerprint density at radius 2 is 1.88 bits per heavy atom. The number of hydrogen-bond acceptors (Lipinski definition) is 0. The zero-order chi connectivity index (χ0) is 5.86. The molecule has 0 aliphatic carbocycles. The molecule has 40 valence electrons. The van der Waals surface area contributed by atoms with E-state index in [1.54, 1.807) is 0 Å². The molecule has 0 saturated heterocycles. The molecule has 0 spiro atoms. The van der Waals surface area contributed by atoms with E-state index in [4.69, 9.17) is 0 Å². The third-order valence-electron chi connectivity index (χ3n) is 0.493. The van der Waals surface area contributed by atoms with E-state index in [0.717, 1.165) is 11.1 Å². The number of allylic oxidation sites excluding steroid dienone is 3. The second kappa shape index (κ2) is 6.11. The normalized spacial score (nSPS) is 10.0. The monoisotopic (exact) mass is 134 g/mol. The summed E-state index contributed by atoms with van der Waals surface area (Å²) < 4.78 is 0. The second-order valence-corrected chi connectivity index (χ2v) is 1.84. The first kappa shape index (κ1) is 11.7. The van der Waals surface area contributed by atoms with Gasteiger partial charge in [-0.2, -0.15) is 0 Å². The van der Waals surface area contributed by atoms with Crippen molar-refractivity contribution < 1.29 is 51.4 Å². The minimum atomic E-state index is 0. The van der Waals surface area contributed by atoms with Crippen LogP contribution < -0.4 is 51.4 Å². The van der Waals surface area contributed by atoms with Gasteiger partial charge in [-0.3, -0.25) is 0 Å². The van der Waals surface area contributed by atoms with Crippen LogP contribution in [0.4, 0.5) is 0 Å². The maximum atomic E-state index is 3.68. The van der Waals surface area contributed by atoms with Crippen LogP contribution in [-0.4, -0.2) is 0 Å². The molecule has 0 aliphatic heterocycles. The third-order valence-corrected chi connectivity index (χ3v) is 0.493. The fourth-order valence-corrected chi connectivity index (χ4v) is 0.421. The van der Waals surface area contributed by atoms with Gasteiger partial charge in [-0.25, -0.2) is 18.6 Å². The van der Waals surface area contributed by atoms with Crippen LogP contribution in [0.1, 0.15) is 13.8 Å². The van der Waals surface area contributed by atoms with E-state index in [9.17, 15) is 0 Å². The average molecular weight is 134 g/mol. The summed E-state index contributed by atoms with van der Waals surface area (Å²) in [4.78, 5) is 0. The number of rotatable bonds is 1. The molecule has 0 aromatic rings. The van der Waals surface area contributed by atoms with Crippen molar-refractivity contribution in [2.75, 3.05) is 0 Å². The molecule has 0 aliphatic rings. The van der Waals surface area contributed by atoms with Gasteiger partial charge in [-0.1, -0.05) is 13.8 Å². The van der Waals surface area contributed by atoms with Gasteiger partial charge in [0.1, 0.15) is 0 Å². The topological polar surface area (TPSA) is 0 Å². The van der Waals surface area contributed by atoms with Gasteiger partial charge in [0.2, 0.25) is 0 Å². The summed E-state index contributed by atoms with van der Waals surface area (Å²) in [6.07, 6.45) is 1.94. The predicted octanol–water partition coefficient (Wildman–Crippen LogP) is -0.653. The summed E-state index contributed by atoms with van der Waals surface area (Å²) in [6, 6.07) is 0. The van der Waals surface area contributed by atoms with Crippen molar-refractivity contribution in [3.63, 3.8) is 0 Å². The second-order valence-electron chi connectivity index (χ2n) is 1.84. The van der Waals surface area contributed by atoms with Crippen LogP contribution in [-0.2, 0) is 0 Å². The molecule has 0 aromatic carbocycles. The first-order chi connectivity index (χ1) is 3.13. The summed E-state index contributed by atoms with van der Waals surface area (Å²) >= 11 is 0. The Balaban J connectivity index is 0. The zero-order valence-corrected chi connectivity index (χ0v) is 9.11. The quantitative estimate of drug-likeness (QED) is 0.254. The summed E-state index contributed by atoms with van der Waals surface area (Å²) in [5.74, 6) is 0. The van der Waals surface area contributed by atoms with Gasteiger partial charge in [0.05, 0.1) is 0 Å². The van der Waals surface area contributed by atoms with Crippen LogP contribution in [0.3, 0.4) is 0 Å². The minimum Gasteiger partial charge on any atom is -0.242 e. The van der Waals surface area contributed by atoms with E-state index in [-0.39, 0.29) is 51.4 Å². The van der Waals surface area contributed by atoms with E-state index >= 15 is 0 Å². The van der Waals surface area contributed by atoms with Crippen molar-refractivity contribution in [2.24, 2.45) is 0 Å². The molecule has 0 unspecified atom stereocenters. The molecule has 0 aromatic heterocycles. The van der Waals surface area contributed by atoms with Gasteiger partial charge in [0, 0.05) is 0 Å². The minimum absolute atomic E-state index is 0. The SMILES string of the molecule is C=C(C)/C=C(\[CH2-])C.[K+]. The van der Waals surface area contributed by atoms with Crippen molar-refractivity contribution in [2.45, 2.75) is 13.8 Å². The smallest absolute Gasteiger partial charge is 0.242 e. The summed E-state index contributed by atoms with van der Waals surface area (Å²) in [5.41, 5.74) is 2.12. The van der Waals surface area contributed by atoms with Gasteiger partial charge >= 0.3 is 51.4 Å². The molecule has 0 amide bonds. The maximum Gasteiger partial charge on any atom is 1.00 e. The molecule has 0 fully saturated rings. The van der Waals surface area contributed by atoms with Gasteiger partial charge in [-0.15, -0.1) is 12.2 Å². The molecule has 1 heteroatoms. The maximum absolute atomic E-state index is 3.68. The molecule has 8 heavy (non-hydrogen) atoms. The average Bonchev–Trinajstić information content (AvgIpc) is 1.27. The Kier molecular flexibility index (Phi) is 8.97. The molecule has 0 N–H and O–H groups in total. The molecule has 0 heterocycles.